The fourth-order valence-electron chi connectivity index (χ4n) is 2.46. The summed E-state index contributed by atoms with van der Waals surface area (Å²) in [5, 5.41) is 12.8. The standard InChI is InChI=1S/C17H22N2O5S/c1-17(16(20)18-21,25(2,22)23)11-10-15-12-14(19-24-15)9-8-13-6-4-3-5-7-13/h3-7,12,21H,8-11H2,1-2H3,(H,18,20). The number of rotatable bonds is 8. The summed E-state index contributed by atoms with van der Waals surface area (Å²) >= 11 is 0. The highest BCUT2D eigenvalue weighted by Gasteiger charge is 2.43. The number of aryl methyl sites for hydroxylation is 3. The molecule has 0 aliphatic rings. The summed E-state index contributed by atoms with van der Waals surface area (Å²) in [6.07, 6.45) is 2.68. The van der Waals surface area contributed by atoms with Gasteiger partial charge >= 0.3 is 0 Å². The first kappa shape index (κ1) is 19.1. The lowest BCUT2D eigenvalue weighted by Crippen LogP contribution is -2.49. The van der Waals surface area contributed by atoms with Gasteiger partial charge in [-0.3, -0.25) is 10.0 Å². The summed E-state index contributed by atoms with van der Waals surface area (Å²) < 4.78 is 27.3. The second-order valence-corrected chi connectivity index (χ2v) is 8.66. The van der Waals surface area contributed by atoms with E-state index in [9.17, 15) is 13.2 Å². The van der Waals surface area contributed by atoms with Crippen molar-refractivity contribution in [1.82, 2.24) is 10.6 Å². The fourth-order valence-corrected chi connectivity index (χ4v) is 3.31. The number of hydroxylamine groups is 1. The Balaban J connectivity index is 1.99. The largest absolute Gasteiger partial charge is 0.361 e. The van der Waals surface area contributed by atoms with E-state index >= 15 is 0 Å². The molecule has 1 aromatic heterocycles. The maximum Gasteiger partial charge on any atom is 0.264 e. The molecule has 0 aliphatic carbocycles. The predicted octanol–water partition coefficient (Wildman–Crippen LogP) is 1.70. The van der Waals surface area contributed by atoms with Crippen LogP contribution in [0, 0.1) is 0 Å². The van der Waals surface area contributed by atoms with E-state index in [1.54, 1.807) is 6.07 Å². The minimum Gasteiger partial charge on any atom is -0.361 e. The van der Waals surface area contributed by atoms with Crippen molar-refractivity contribution in [1.29, 1.82) is 0 Å². The number of carbonyl (C=O) groups excluding carboxylic acids is 1. The number of nitrogens with zero attached hydrogens (tertiary/aromatic N) is 1. The van der Waals surface area contributed by atoms with Gasteiger partial charge in [0.05, 0.1) is 5.69 Å². The zero-order valence-corrected chi connectivity index (χ0v) is 15.0. The van der Waals surface area contributed by atoms with E-state index in [0.717, 1.165) is 18.4 Å². The van der Waals surface area contributed by atoms with Crippen molar-refractivity contribution in [2.24, 2.45) is 0 Å². The van der Waals surface area contributed by atoms with Crippen molar-refractivity contribution in [3.63, 3.8) is 0 Å². The van der Waals surface area contributed by atoms with Gasteiger partial charge in [0.1, 0.15) is 10.5 Å². The van der Waals surface area contributed by atoms with Crippen LogP contribution >= 0.6 is 0 Å². The van der Waals surface area contributed by atoms with Crippen LogP contribution in [0.1, 0.15) is 30.4 Å². The van der Waals surface area contributed by atoms with Gasteiger partial charge in [-0.2, -0.15) is 0 Å². The van der Waals surface area contributed by atoms with Crippen molar-refractivity contribution in [3.8, 4) is 0 Å². The monoisotopic (exact) mass is 366 g/mol. The quantitative estimate of drug-likeness (QED) is 0.544. The third-order valence-electron chi connectivity index (χ3n) is 4.37. The molecule has 1 amide bonds. The van der Waals surface area contributed by atoms with Gasteiger partial charge in [0.2, 0.25) is 0 Å². The highest BCUT2D eigenvalue weighted by molar-refractivity contribution is 7.92. The molecule has 1 aromatic carbocycles. The molecule has 1 unspecified atom stereocenters. The van der Waals surface area contributed by atoms with Crippen molar-refractivity contribution < 1.29 is 22.9 Å². The molecule has 0 bridgehead atoms. The Morgan fingerprint density at radius 1 is 1.24 bits per heavy atom. The van der Waals surface area contributed by atoms with E-state index in [-0.39, 0.29) is 12.8 Å². The van der Waals surface area contributed by atoms with Crippen LogP contribution in [0.25, 0.3) is 0 Å². The zero-order chi connectivity index (χ0) is 18.5. The molecule has 0 saturated carbocycles. The van der Waals surface area contributed by atoms with Gasteiger partial charge in [0, 0.05) is 18.7 Å². The SMILES string of the molecule is CC(CCc1cc(CCc2ccccc2)no1)(C(=O)NO)S(C)(=O)=O. The van der Waals surface area contributed by atoms with Crippen LogP contribution < -0.4 is 5.48 Å². The number of aromatic nitrogens is 1. The third-order valence-corrected chi connectivity index (χ3v) is 6.40. The maximum absolute atomic E-state index is 11.9. The predicted molar refractivity (Wildman–Crippen MR) is 91.9 cm³/mol. The van der Waals surface area contributed by atoms with Crippen molar-refractivity contribution >= 4 is 15.7 Å². The number of amides is 1. The fraction of sp³-hybridized carbons (Fsp3) is 0.412. The highest BCUT2D eigenvalue weighted by atomic mass is 32.2. The van der Waals surface area contributed by atoms with Gasteiger partial charge in [-0.1, -0.05) is 35.5 Å². The molecule has 2 aromatic rings. The molecule has 0 spiro atoms. The van der Waals surface area contributed by atoms with Crippen LogP contribution in [0.5, 0.6) is 0 Å². The molecule has 0 aliphatic heterocycles. The van der Waals surface area contributed by atoms with Crippen molar-refractivity contribution in [2.45, 2.75) is 37.4 Å². The van der Waals surface area contributed by atoms with E-state index in [1.165, 1.54) is 18.0 Å². The Hall–Kier alpha value is -2.19. The summed E-state index contributed by atoms with van der Waals surface area (Å²) in [6, 6.07) is 11.7. The van der Waals surface area contributed by atoms with Gasteiger partial charge in [-0.25, -0.2) is 13.9 Å². The van der Waals surface area contributed by atoms with E-state index < -0.39 is 20.5 Å². The molecular weight excluding hydrogens is 344 g/mol. The van der Waals surface area contributed by atoms with Crippen LogP contribution in [-0.2, 0) is 33.9 Å². The van der Waals surface area contributed by atoms with Crippen LogP contribution in [0.3, 0.4) is 0 Å². The lowest BCUT2D eigenvalue weighted by molar-refractivity contribution is -0.131. The molecule has 8 heteroatoms. The Morgan fingerprint density at radius 3 is 2.52 bits per heavy atom. The zero-order valence-electron chi connectivity index (χ0n) is 14.2. The summed E-state index contributed by atoms with van der Waals surface area (Å²) in [6.45, 7) is 1.28. The number of benzene rings is 1. The van der Waals surface area contributed by atoms with E-state index in [0.29, 0.717) is 12.2 Å². The Kier molecular flexibility index (Phi) is 5.97. The number of carbonyl (C=O) groups is 1. The van der Waals surface area contributed by atoms with E-state index in [2.05, 4.69) is 5.16 Å². The average molecular weight is 366 g/mol. The second-order valence-electron chi connectivity index (χ2n) is 6.21. The van der Waals surface area contributed by atoms with Crippen LogP contribution in [0.4, 0.5) is 0 Å². The number of nitrogens with one attached hydrogen (secondary N) is 1. The van der Waals surface area contributed by atoms with Crippen LogP contribution in [0.15, 0.2) is 40.9 Å². The smallest absolute Gasteiger partial charge is 0.264 e. The lowest BCUT2D eigenvalue weighted by atomic mass is 10.0. The molecule has 0 saturated heterocycles. The molecule has 2 N–H and O–H groups in total. The highest BCUT2D eigenvalue weighted by Crippen LogP contribution is 2.24. The number of sulfone groups is 1. The van der Waals surface area contributed by atoms with Gasteiger partial charge in [-0.05, 0) is 31.7 Å². The molecular formula is C17H22N2O5S. The van der Waals surface area contributed by atoms with Gasteiger partial charge in [0.25, 0.3) is 5.91 Å². The first-order valence-corrected chi connectivity index (χ1v) is 9.78. The van der Waals surface area contributed by atoms with Gasteiger partial charge < -0.3 is 4.52 Å². The maximum atomic E-state index is 11.9. The summed E-state index contributed by atoms with van der Waals surface area (Å²) in [5.74, 6) is -0.456. The summed E-state index contributed by atoms with van der Waals surface area (Å²) in [7, 11) is -3.72. The normalized spacial score (nSPS) is 14.0. The molecule has 1 heterocycles. The molecule has 1 atom stereocenters. The first-order valence-electron chi connectivity index (χ1n) is 7.89. The number of hydrogen-bond donors (Lipinski definition) is 2. The number of hydrogen-bond acceptors (Lipinski definition) is 6. The molecule has 2 rings (SSSR count). The minimum atomic E-state index is -3.72. The summed E-state index contributed by atoms with van der Waals surface area (Å²) in [4.78, 5) is 11.8. The van der Waals surface area contributed by atoms with Gasteiger partial charge in [0.15, 0.2) is 9.84 Å². The Bertz CT molecular complexity index is 817. The topological polar surface area (TPSA) is 110 Å². The molecule has 0 radical (unpaired) electrons. The first-order chi connectivity index (χ1) is 11.8. The Morgan fingerprint density at radius 2 is 1.92 bits per heavy atom. The summed E-state index contributed by atoms with van der Waals surface area (Å²) in [5.41, 5.74) is 3.39. The van der Waals surface area contributed by atoms with Gasteiger partial charge in [-0.15, -0.1) is 0 Å². The van der Waals surface area contributed by atoms with Crippen LogP contribution in [0.2, 0.25) is 0 Å². The molecule has 136 valence electrons. The third kappa shape index (κ3) is 4.67. The van der Waals surface area contributed by atoms with Crippen molar-refractivity contribution in [3.05, 3.63) is 53.4 Å². The van der Waals surface area contributed by atoms with Crippen LogP contribution in [-0.4, -0.2) is 35.7 Å². The average Bonchev–Trinajstić information content (AvgIpc) is 3.05. The molecule has 25 heavy (non-hydrogen) atoms. The second kappa shape index (κ2) is 7.79. The lowest BCUT2D eigenvalue weighted by Gasteiger charge is -2.24. The van der Waals surface area contributed by atoms with E-state index in [1.807, 2.05) is 30.3 Å². The molecule has 7 nitrogen and oxygen atoms in total. The van der Waals surface area contributed by atoms with E-state index in [4.69, 9.17) is 9.73 Å². The molecule has 0 fully saturated rings. The van der Waals surface area contributed by atoms with Crippen molar-refractivity contribution in [2.75, 3.05) is 6.26 Å². The Labute approximate surface area is 146 Å². The minimum absolute atomic E-state index is 0.0223.